The van der Waals surface area contributed by atoms with Gasteiger partial charge in [-0.1, -0.05) is 48.9 Å². The summed E-state index contributed by atoms with van der Waals surface area (Å²) in [6, 6.07) is 12.8. The highest BCUT2D eigenvalue weighted by atomic mass is 32.2. The van der Waals surface area contributed by atoms with Gasteiger partial charge in [-0.25, -0.2) is 8.42 Å². The molecule has 1 unspecified atom stereocenters. The predicted octanol–water partition coefficient (Wildman–Crippen LogP) is 4.10. The number of hydrogen-bond acceptors (Lipinski definition) is 4. The summed E-state index contributed by atoms with van der Waals surface area (Å²) in [7, 11) is -3.52. The molecule has 0 saturated carbocycles. The van der Waals surface area contributed by atoms with Crippen LogP contribution in [-0.2, 0) is 26.2 Å². The Hall–Kier alpha value is -2.87. The number of nitrogens with zero attached hydrogens (tertiary/aromatic N) is 2. The molecule has 1 N–H and O–H groups in total. The van der Waals surface area contributed by atoms with Crippen LogP contribution in [0.1, 0.15) is 55.4 Å². The van der Waals surface area contributed by atoms with Crippen molar-refractivity contribution in [1.82, 2.24) is 10.2 Å². The molecule has 0 spiro atoms. The average Bonchev–Trinajstić information content (AvgIpc) is 2.79. The van der Waals surface area contributed by atoms with E-state index in [0.29, 0.717) is 25.2 Å². The molecule has 0 heterocycles. The molecule has 0 bridgehead atoms. The Bertz CT molecular complexity index is 1130. The van der Waals surface area contributed by atoms with Crippen molar-refractivity contribution < 1.29 is 18.0 Å². The lowest BCUT2D eigenvalue weighted by atomic mass is 10.1. The van der Waals surface area contributed by atoms with Crippen LogP contribution in [-0.4, -0.2) is 50.5 Å². The minimum atomic E-state index is -3.52. The van der Waals surface area contributed by atoms with Crippen LogP contribution in [0, 0.1) is 20.8 Å². The van der Waals surface area contributed by atoms with Gasteiger partial charge >= 0.3 is 0 Å². The van der Waals surface area contributed by atoms with Gasteiger partial charge < -0.3 is 10.2 Å². The van der Waals surface area contributed by atoms with E-state index < -0.39 is 16.1 Å². The summed E-state index contributed by atoms with van der Waals surface area (Å²) in [5, 5.41) is 2.87. The Morgan fingerprint density at radius 3 is 2.37 bits per heavy atom. The van der Waals surface area contributed by atoms with Gasteiger partial charge in [0.05, 0.1) is 11.9 Å². The average molecular weight is 502 g/mol. The van der Waals surface area contributed by atoms with Crippen LogP contribution < -0.4 is 9.62 Å². The molecule has 2 aromatic rings. The van der Waals surface area contributed by atoms with E-state index in [4.69, 9.17) is 0 Å². The van der Waals surface area contributed by atoms with Crippen LogP contribution in [0.2, 0.25) is 0 Å². The molecule has 2 aromatic carbocycles. The first-order chi connectivity index (χ1) is 16.5. The number of benzene rings is 2. The molecule has 0 aromatic heterocycles. The maximum Gasteiger partial charge on any atom is 0.242 e. The predicted molar refractivity (Wildman–Crippen MR) is 142 cm³/mol. The second kappa shape index (κ2) is 12.7. The summed E-state index contributed by atoms with van der Waals surface area (Å²) < 4.78 is 26.5. The van der Waals surface area contributed by atoms with Gasteiger partial charge in [0.25, 0.3) is 0 Å². The molecule has 7 nitrogen and oxygen atoms in total. The van der Waals surface area contributed by atoms with Gasteiger partial charge in [0.1, 0.15) is 6.04 Å². The van der Waals surface area contributed by atoms with E-state index >= 15 is 0 Å². The lowest BCUT2D eigenvalue weighted by Crippen LogP contribution is -2.47. The summed E-state index contributed by atoms with van der Waals surface area (Å²) in [5.41, 5.74) is 4.55. The van der Waals surface area contributed by atoms with Gasteiger partial charge in [-0.3, -0.25) is 13.9 Å². The number of hydrogen-bond donors (Lipinski definition) is 1. The van der Waals surface area contributed by atoms with Crippen molar-refractivity contribution in [3.63, 3.8) is 0 Å². The molecule has 8 heteroatoms. The Balaban J connectivity index is 2.19. The van der Waals surface area contributed by atoms with Crippen molar-refractivity contribution in [2.24, 2.45) is 0 Å². The van der Waals surface area contributed by atoms with Crippen molar-refractivity contribution >= 4 is 27.5 Å². The highest BCUT2D eigenvalue weighted by molar-refractivity contribution is 7.92. The van der Waals surface area contributed by atoms with E-state index in [0.717, 1.165) is 28.7 Å². The van der Waals surface area contributed by atoms with Crippen LogP contribution >= 0.6 is 0 Å². The zero-order valence-corrected chi connectivity index (χ0v) is 22.6. The number of anilines is 1. The molecular formula is C27H39N3O4S. The lowest BCUT2D eigenvalue weighted by Gasteiger charge is -2.30. The summed E-state index contributed by atoms with van der Waals surface area (Å²) in [4.78, 5) is 27.6. The van der Waals surface area contributed by atoms with Crippen LogP contribution in [0.4, 0.5) is 5.69 Å². The van der Waals surface area contributed by atoms with Crippen LogP contribution in [0.5, 0.6) is 0 Å². The normalized spacial score (nSPS) is 12.2. The number of sulfonamides is 1. The Morgan fingerprint density at radius 2 is 1.74 bits per heavy atom. The Kier molecular flexibility index (Phi) is 10.3. The monoisotopic (exact) mass is 501 g/mol. The minimum Gasteiger partial charge on any atom is -0.354 e. The zero-order chi connectivity index (χ0) is 26.2. The van der Waals surface area contributed by atoms with E-state index in [1.807, 2.05) is 64.1 Å². The van der Waals surface area contributed by atoms with Gasteiger partial charge in [-0.05, 0) is 63.3 Å². The van der Waals surface area contributed by atoms with E-state index in [1.165, 1.54) is 10.6 Å². The number of amides is 2. The molecule has 2 rings (SSSR count). The maximum atomic E-state index is 13.3. The molecule has 35 heavy (non-hydrogen) atoms. The standard InChI is InChI=1S/C27H39N3O4S/c1-7-16-28-27(32)23(5)29(19-24-13-8-11-20(2)18-24)26(31)15-10-17-30(35(6,33)34)25-14-9-12-21(3)22(25)4/h8-9,11-14,18,23H,7,10,15-17,19H2,1-6H3,(H,28,32). The molecule has 0 fully saturated rings. The SMILES string of the molecule is CCCNC(=O)C(C)N(Cc1cccc(C)c1)C(=O)CCCN(c1cccc(C)c1C)S(C)(=O)=O. The van der Waals surface area contributed by atoms with Crippen molar-refractivity contribution in [2.75, 3.05) is 23.7 Å². The second-order valence-corrected chi connectivity index (χ2v) is 11.0. The first-order valence-corrected chi connectivity index (χ1v) is 14.0. The number of carbonyl (C=O) groups is 2. The molecule has 0 aliphatic carbocycles. The molecule has 0 saturated heterocycles. The number of nitrogens with one attached hydrogen (secondary N) is 1. The van der Waals surface area contributed by atoms with Gasteiger partial charge in [0, 0.05) is 26.1 Å². The fourth-order valence-corrected chi connectivity index (χ4v) is 4.99. The summed E-state index contributed by atoms with van der Waals surface area (Å²) in [6.07, 6.45) is 2.46. The van der Waals surface area contributed by atoms with Crippen molar-refractivity contribution in [1.29, 1.82) is 0 Å². The Labute approximate surface area is 210 Å². The quantitative estimate of drug-likeness (QED) is 0.474. The van der Waals surface area contributed by atoms with Crippen LogP contribution in [0.25, 0.3) is 0 Å². The number of aryl methyl sites for hydroxylation is 2. The van der Waals surface area contributed by atoms with Crippen molar-refractivity contribution in [3.05, 3.63) is 64.7 Å². The van der Waals surface area contributed by atoms with E-state index in [1.54, 1.807) is 17.9 Å². The first-order valence-electron chi connectivity index (χ1n) is 12.1. The maximum absolute atomic E-state index is 13.3. The topological polar surface area (TPSA) is 86.8 Å². The van der Waals surface area contributed by atoms with E-state index in [-0.39, 0.29) is 24.8 Å². The highest BCUT2D eigenvalue weighted by Crippen LogP contribution is 2.25. The molecule has 192 valence electrons. The summed E-state index contributed by atoms with van der Waals surface area (Å²) in [5.74, 6) is -0.374. The third-order valence-corrected chi connectivity index (χ3v) is 7.33. The van der Waals surface area contributed by atoms with Gasteiger partial charge in [0.15, 0.2) is 0 Å². The van der Waals surface area contributed by atoms with E-state index in [2.05, 4.69) is 5.32 Å². The molecule has 0 aliphatic heterocycles. The third kappa shape index (κ3) is 8.09. The fraction of sp³-hybridized carbons (Fsp3) is 0.481. The highest BCUT2D eigenvalue weighted by Gasteiger charge is 2.26. The Morgan fingerprint density at radius 1 is 1.06 bits per heavy atom. The molecule has 0 aliphatic rings. The smallest absolute Gasteiger partial charge is 0.242 e. The molecule has 1 atom stereocenters. The third-order valence-electron chi connectivity index (χ3n) is 6.15. The fourth-order valence-electron chi connectivity index (χ4n) is 3.97. The second-order valence-electron chi connectivity index (χ2n) is 9.14. The molecule has 0 radical (unpaired) electrons. The molecule has 2 amide bonds. The van der Waals surface area contributed by atoms with Crippen molar-refractivity contribution in [3.8, 4) is 0 Å². The number of rotatable bonds is 12. The molecular weight excluding hydrogens is 462 g/mol. The van der Waals surface area contributed by atoms with Crippen LogP contribution in [0.3, 0.4) is 0 Å². The summed E-state index contributed by atoms with van der Waals surface area (Å²) in [6.45, 7) is 10.6. The zero-order valence-electron chi connectivity index (χ0n) is 21.8. The van der Waals surface area contributed by atoms with E-state index in [9.17, 15) is 18.0 Å². The van der Waals surface area contributed by atoms with Crippen LogP contribution in [0.15, 0.2) is 42.5 Å². The van der Waals surface area contributed by atoms with Gasteiger partial charge in [0.2, 0.25) is 21.8 Å². The number of carbonyl (C=O) groups excluding carboxylic acids is 2. The minimum absolute atomic E-state index is 0.133. The summed E-state index contributed by atoms with van der Waals surface area (Å²) >= 11 is 0. The van der Waals surface area contributed by atoms with Gasteiger partial charge in [-0.2, -0.15) is 0 Å². The van der Waals surface area contributed by atoms with Crippen molar-refractivity contribution in [2.45, 2.75) is 66.5 Å². The van der Waals surface area contributed by atoms with Gasteiger partial charge in [-0.15, -0.1) is 0 Å². The lowest BCUT2D eigenvalue weighted by molar-refractivity contribution is -0.140. The first kappa shape index (κ1) is 28.4. The largest absolute Gasteiger partial charge is 0.354 e.